The van der Waals surface area contributed by atoms with Gasteiger partial charge in [0.15, 0.2) is 0 Å². The number of methoxy groups -OCH3 is 1. The van der Waals surface area contributed by atoms with E-state index in [1.807, 2.05) is 12.1 Å². The van der Waals surface area contributed by atoms with E-state index in [1.54, 1.807) is 40.0 Å². The fourth-order valence-electron chi connectivity index (χ4n) is 1.29. The van der Waals surface area contributed by atoms with Crippen LogP contribution in [0.4, 0.5) is 0 Å². The highest BCUT2D eigenvalue weighted by atomic mass is 16.5. The summed E-state index contributed by atoms with van der Waals surface area (Å²) in [5.41, 5.74) is 5.11. The van der Waals surface area contributed by atoms with Crippen molar-refractivity contribution in [2.75, 3.05) is 7.11 Å². The van der Waals surface area contributed by atoms with E-state index in [4.69, 9.17) is 4.74 Å². The summed E-state index contributed by atoms with van der Waals surface area (Å²) in [7, 11) is 1.59. The molecule has 0 bridgehead atoms. The summed E-state index contributed by atoms with van der Waals surface area (Å²) in [4.78, 5) is 23.2. The first-order valence-corrected chi connectivity index (χ1v) is 6.05. The maximum Gasteiger partial charge on any atom is 0.243 e. The van der Waals surface area contributed by atoms with Gasteiger partial charge in [0.2, 0.25) is 11.8 Å². The second-order valence-electron chi connectivity index (χ2n) is 5.28. The highest BCUT2D eigenvalue weighted by molar-refractivity contribution is 5.85. The zero-order valence-electron chi connectivity index (χ0n) is 11.7. The van der Waals surface area contributed by atoms with Crippen LogP contribution in [0.3, 0.4) is 0 Å². The van der Waals surface area contributed by atoms with Crippen LogP contribution in [0.15, 0.2) is 24.3 Å². The predicted octanol–water partition coefficient (Wildman–Crippen LogP) is 1.43. The summed E-state index contributed by atoms with van der Waals surface area (Å²) in [6.07, 6.45) is 0.203. The molecule has 0 fully saturated rings. The molecule has 0 radical (unpaired) electrons. The predicted molar refractivity (Wildman–Crippen MR) is 72.4 cm³/mol. The van der Waals surface area contributed by atoms with Crippen LogP contribution in [0.25, 0.3) is 0 Å². The topological polar surface area (TPSA) is 67.4 Å². The van der Waals surface area contributed by atoms with Gasteiger partial charge in [-0.1, -0.05) is 32.9 Å². The van der Waals surface area contributed by atoms with Gasteiger partial charge < -0.3 is 4.74 Å². The Morgan fingerprint density at radius 2 is 1.68 bits per heavy atom. The molecule has 0 saturated heterocycles. The van der Waals surface area contributed by atoms with E-state index < -0.39 is 5.41 Å². The minimum atomic E-state index is -0.534. The Morgan fingerprint density at radius 1 is 1.11 bits per heavy atom. The van der Waals surface area contributed by atoms with Crippen molar-refractivity contribution in [3.8, 4) is 5.75 Å². The van der Waals surface area contributed by atoms with Crippen molar-refractivity contribution in [1.29, 1.82) is 0 Å². The molecule has 1 aromatic carbocycles. The van der Waals surface area contributed by atoms with Gasteiger partial charge >= 0.3 is 0 Å². The lowest BCUT2D eigenvalue weighted by Gasteiger charge is -2.17. The number of benzene rings is 1. The molecule has 0 aliphatic heterocycles. The first kappa shape index (κ1) is 15.0. The highest BCUT2D eigenvalue weighted by Gasteiger charge is 2.21. The molecule has 2 N–H and O–H groups in total. The monoisotopic (exact) mass is 264 g/mol. The van der Waals surface area contributed by atoms with Gasteiger partial charge in [0.1, 0.15) is 5.75 Å². The third kappa shape index (κ3) is 4.99. The van der Waals surface area contributed by atoms with Crippen LogP contribution in [0.1, 0.15) is 26.3 Å². The van der Waals surface area contributed by atoms with Crippen LogP contribution in [-0.2, 0) is 16.0 Å². The molecule has 104 valence electrons. The number of hydrogen-bond acceptors (Lipinski definition) is 3. The molecule has 1 rings (SSSR count). The van der Waals surface area contributed by atoms with Crippen molar-refractivity contribution >= 4 is 11.8 Å². The minimum absolute atomic E-state index is 0.203. The smallest absolute Gasteiger partial charge is 0.243 e. The van der Waals surface area contributed by atoms with Gasteiger partial charge in [0.25, 0.3) is 0 Å². The fourth-order valence-corrected chi connectivity index (χ4v) is 1.29. The number of carbonyl (C=O) groups excluding carboxylic acids is 2. The summed E-state index contributed by atoms with van der Waals surface area (Å²) in [6, 6.07) is 7.20. The van der Waals surface area contributed by atoms with Crippen LogP contribution in [0.5, 0.6) is 5.75 Å². The van der Waals surface area contributed by atoms with Gasteiger partial charge in [-0.2, -0.15) is 0 Å². The van der Waals surface area contributed by atoms with Crippen molar-refractivity contribution in [2.24, 2.45) is 5.41 Å². The Kier molecular flexibility index (Phi) is 4.92. The molecule has 1 aromatic rings. The summed E-state index contributed by atoms with van der Waals surface area (Å²) >= 11 is 0. The lowest BCUT2D eigenvalue weighted by atomic mass is 9.96. The van der Waals surface area contributed by atoms with Crippen LogP contribution in [0, 0.1) is 5.41 Å². The van der Waals surface area contributed by atoms with Crippen LogP contribution < -0.4 is 15.6 Å². The second-order valence-corrected chi connectivity index (χ2v) is 5.28. The summed E-state index contributed by atoms with van der Waals surface area (Å²) in [5.74, 6) is 0.253. The molecule has 0 unspecified atom stereocenters. The van der Waals surface area contributed by atoms with Gasteiger partial charge in [-0.05, 0) is 17.7 Å². The van der Waals surface area contributed by atoms with E-state index in [-0.39, 0.29) is 18.2 Å². The van der Waals surface area contributed by atoms with Gasteiger partial charge in [-0.3, -0.25) is 20.4 Å². The lowest BCUT2D eigenvalue weighted by molar-refractivity contribution is -0.133. The molecule has 19 heavy (non-hydrogen) atoms. The van der Waals surface area contributed by atoms with E-state index in [0.29, 0.717) is 0 Å². The van der Waals surface area contributed by atoms with E-state index in [9.17, 15) is 9.59 Å². The standard InChI is InChI=1S/C14H20N2O3/c1-14(2,3)13(18)16-15-12(17)9-10-5-7-11(19-4)8-6-10/h5-8H,9H2,1-4H3,(H,15,17)(H,16,18). The fraction of sp³-hybridized carbons (Fsp3) is 0.429. The molecule has 0 saturated carbocycles. The summed E-state index contributed by atoms with van der Waals surface area (Å²) in [5, 5.41) is 0. The van der Waals surface area contributed by atoms with Crippen molar-refractivity contribution in [2.45, 2.75) is 27.2 Å². The SMILES string of the molecule is COc1ccc(CC(=O)NNC(=O)C(C)(C)C)cc1. The van der Waals surface area contributed by atoms with Crippen LogP contribution in [0.2, 0.25) is 0 Å². The number of ether oxygens (including phenoxy) is 1. The van der Waals surface area contributed by atoms with Crippen molar-refractivity contribution in [1.82, 2.24) is 10.9 Å². The van der Waals surface area contributed by atoms with E-state index in [0.717, 1.165) is 11.3 Å². The first-order chi connectivity index (χ1) is 8.82. The molecule has 0 atom stereocenters. The Morgan fingerprint density at radius 3 is 2.16 bits per heavy atom. The van der Waals surface area contributed by atoms with Crippen molar-refractivity contribution < 1.29 is 14.3 Å². The third-order valence-electron chi connectivity index (χ3n) is 2.52. The Bertz CT molecular complexity index is 447. The normalized spacial score (nSPS) is 10.7. The minimum Gasteiger partial charge on any atom is -0.497 e. The zero-order chi connectivity index (χ0) is 14.5. The van der Waals surface area contributed by atoms with Gasteiger partial charge in [0.05, 0.1) is 13.5 Å². The Hall–Kier alpha value is -2.04. The average Bonchev–Trinajstić information content (AvgIpc) is 2.35. The molecule has 0 heterocycles. The van der Waals surface area contributed by atoms with E-state index >= 15 is 0 Å². The molecule has 0 aliphatic rings. The number of hydrazine groups is 1. The van der Waals surface area contributed by atoms with E-state index in [2.05, 4.69) is 10.9 Å². The molecule has 5 nitrogen and oxygen atoms in total. The van der Waals surface area contributed by atoms with E-state index in [1.165, 1.54) is 0 Å². The molecular formula is C14H20N2O3. The van der Waals surface area contributed by atoms with Gasteiger partial charge in [-0.25, -0.2) is 0 Å². The Balaban J connectivity index is 2.45. The largest absolute Gasteiger partial charge is 0.497 e. The van der Waals surface area contributed by atoms with Crippen LogP contribution in [-0.4, -0.2) is 18.9 Å². The maximum absolute atomic E-state index is 11.6. The van der Waals surface area contributed by atoms with Crippen LogP contribution >= 0.6 is 0 Å². The van der Waals surface area contributed by atoms with Crippen molar-refractivity contribution in [3.05, 3.63) is 29.8 Å². The van der Waals surface area contributed by atoms with Gasteiger partial charge in [0, 0.05) is 5.41 Å². The molecule has 0 aliphatic carbocycles. The second kappa shape index (κ2) is 6.22. The maximum atomic E-state index is 11.6. The molecule has 5 heteroatoms. The number of amides is 2. The molecular weight excluding hydrogens is 244 g/mol. The van der Waals surface area contributed by atoms with Gasteiger partial charge in [-0.15, -0.1) is 0 Å². The number of rotatable bonds is 3. The number of carbonyl (C=O) groups is 2. The summed E-state index contributed by atoms with van der Waals surface area (Å²) in [6.45, 7) is 5.33. The molecule has 0 spiro atoms. The Labute approximate surface area is 113 Å². The molecule has 0 aromatic heterocycles. The number of hydrogen-bond donors (Lipinski definition) is 2. The number of nitrogens with one attached hydrogen (secondary N) is 2. The quantitative estimate of drug-likeness (QED) is 0.812. The summed E-state index contributed by atoms with van der Waals surface area (Å²) < 4.78 is 5.03. The lowest BCUT2D eigenvalue weighted by Crippen LogP contribution is -2.47. The molecule has 2 amide bonds. The first-order valence-electron chi connectivity index (χ1n) is 6.05. The van der Waals surface area contributed by atoms with Crippen molar-refractivity contribution in [3.63, 3.8) is 0 Å². The third-order valence-corrected chi connectivity index (χ3v) is 2.52. The average molecular weight is 264 g/mol. The highest BCUT2D eigenvalue weighted by Crippen LogP contribution is 2.12. The zero-order valence-corrected chi connectivity index (χ0v) is 11.7.